The van der Waals surface area contributed by atoms with Crippen molar-refractivity contribution in [1.82, 2.24) is 4.98 Å². The van der Waals surface area contributed by atoms with E-state index in [1.165, 1.54) is 28.7 Å². The smallest absolute Gasteiger partial charge is 0.236 e. The lowest BCUT2D eigenvalue weighted by atomic mass is 10.1. The molecule has 3 N–H and O–H groups in total. The number of hydrogen-bond acceptors (Lipinski definition) is 5. The van der Waals surface area contributed by atoms with Crippen LogP contribution in [0.1, 0.15) is 5.56 Å². The minimum absolute atomic E-state index is 0.0766. The summed E-state index contributed by atoms with van der Waals surface area (Å²) in [6.45, 7) is 2.05. The molecule has 0 saturated carbocycles. The number of hydrogen-bond donors (Lipinski definition) is 2. The minimum atomic E-state index is -0.0766. The van der Waals surface area contributed by atoms with Crippen LogP contribution in [0.15, 0.2) is 58.8 Å². The zero-order valence-electron chi connectivity index (χ0n) is 13.2. The summed E-state index contributed by atoms with van der Waals surface area (Å²) in [6.07, 6.45) is 0. The molecule has 0 saturated heterocycles. The molecule has 0 spiro atoms. The van der Waals surface area contributed by atoms with E-state index < -0.39 is 0 Å². The van der Waals surface area contributed by atoms with Crippen molar-refractivity contribution >= 4 is 39.8 Å². The SMILES string of the molecule is Cc1ccc(-c2csc(NC(=O)CSc3cccc(N)c3)n2)cc1. The number of anilines is 2. The Hall–Kier alpha value is -2.31. The molecule has 3 rings (SSSR count). The molecule has 4 nitrogen and oxygen atoms in total. The van der Waals surface area contributed by atoms with Gasteiger partial charge in [0, 0.05) is 21.5 Å². The summed E-state index contributed by atoms with van der Waals surface area (Å²) in [4.78, 5) is 17.5. The van der Waals surface area contributed by atoms with Gasteiger partial charge in [-0.05, 0) is 25.1 Å². The van der Waals surface area contributed by atoms with Crippen LogP contribution in [0.4, 0.5) is 10.8 Å². The number of aryl methyl sites for hydroxylation is 1. The molecular formula is C18H17N3OS2. The van der Waals surface area contributed by atoms with E-state index in [0.717, 1.165) is 16.2 Å². The number of rotatable bonds is 5. The highest BCUT2D eigenvalue weighted by atomic mass is 32.2. The Bertz CT molecular complexity index is 843. The summed E-state index contributed by atoms with van der Waals surface area (Å²) in [5.74, 6) is 0.246. The van der Waals surface area contributed by atoms with Crippen LogP contribution in [0, 0.1) is 6.92 Å². The van der Waals surface area contributed by atoms with Crippen LogP contribution in [0.25, 0.3) is 11.3 Å². The van der Waals surface area contributed by atoms with Gasteiger partial charge in [0.15, 0.2) is 5.13 Å². The monoisotopic (exact) mass is 355 g/mol. The van der Waals surface area contributed by atoms with Crippen LogP contribution >= 0.6 is 23.1 Å². The Balaban J connectivity index is 1.58. The molecule has 1 aromatic heterocycles. The first kappa shape index (κ1) is 16.5. The lowest BCUT2D eigenvalue weighted by Gasteiger charge is -2.03. The molecule has 0 unspecified atom stereocenters. The fourth-order valence-electron chi connectivity index (χ4n) is 2.10. The van der Waals surface area contributed by atoms with Gasteiger partial charge in [-0.3, -0.25) is 4.79 Å². The number of nitrogens with zero attached hydrogens (tertiary/aromatic N) is 1. The molecule has 122 valence electrons. The Kier molecular flexibility index (Phi) is 5.17. The van der Waals surface area contributed by atoms with Crippen molar-refractivity contribution in [1.29, 1.82) is 0 Å². The molecule has 0 atom stereocenters. The van der Waals surface area contributed by atoms with Gasteiger partial charge < -0.3 is 11.1 Å². The number of nitrogens with one attached hydrogen (secondary N) is 1. The average molecular weight is 355 g/mol. The highest BCUT2D eigenvalue weighted by molar-refractivity contribution is 8.00. The standard InChI is InChI=1S/C18H17N3OS2/c1-12-5-7-13(8-6-12)16-10-24-18(20-16)21-17(22)11-23-15-4-2-3-14(19)9-15/h2-10H,11,19H2,1H3,(H,20,21,22). The third-order valence-electron chi connectivity index (χ3n) is 3.33. The van der Waals surface area contributed by atoms with Gasteiger partial charge in [0.05, 0.1) is 11.4 Å². The zero-order valence-corrected chi connectivity index (χ0v) is 14.8. The van der Waals surface area contributed by atoms with E-state index >= 15 is 0 Å². The molecule has 0 aliphatic heterocycles. The van der Waals surface area contributed by atoms with E-state index in [0.29, 0.717) is 16.6 Å². The van der Waals surface area contributed by atoms with Crippen molar-refractivity contribution in [3.8, 4) is 11.3 Å². The van der Waals surface area contributed by atoms with Crippen LogP contribution in [-0.2, 0) is 4.79 Å². The van der Waals surface area contributed by atoms with Crippen molar-refractivity contribution in [3.63, 3.8) is 0 Å². The topological polar surface area (TPSA) is 68.0 Å². The highest BCUT2D eigenvalue weighted by Crippen LogP contribution is 2.26. The van der Waals surface area contributed by atoms with Gasteiger partial charge in [0.2, 0.25) is 5.91 Å². The molecule has 24 heavy (non-hydrogen) atoms. The molecule has 0 bridgehead atoms. The molecule has 2 aromatic carbocycles. The maximum atomic E-state index is 12.1. The van der Waals surface area contributed by atoms with E-state index in [-0.39, 0.29) is 5.91 Å². The van der Waals surface area contributed by atoms with Crippen molar-refractivity contribution in [2.24, 2.45) is 0 Å². The molecule has 6 heteroatoms. The van der Waals surface area contributed by atoms with Gasteiger partial charge in [-0.25, -0.2) is 4.98 Å². The Labute approximate surface area is 149 Å². The predicted molar refractivity (Wildman–Crippen MR) is 102 cm³/mol. The van der Waals surface area contributed by atoms with Crippen LogP contribution in [-0.4, -0.2) is 16.6 Å². The number of carbonyl (C=O) groups excluding carboxylic acids is 1. The minimum Gasteiger partial charge on any atom is -0.399 e. The van der Waals surface area contributed by atoms with E-state index in [1.54, 1.807) is 0 Å². The van der Waals surface area contributed by atoms with E-state index in [2.05, 4.69) is 29.4 Å². The normalized spacial score (nSPS) is 10.5. The Morgan fingerprint density at radius 3 is 2.79 bits per heavy atom. The number of nitrogen functional groups attached to an aromatic ring is 1. The van der Waals surface area contributed by atoms with E-state index in [4.69, 9.17) is 5.73 Å². The largest absolute Gasteiger partial charge is 0.399 e. The highest BCUT2D eigenvalue weighted by Gasteiger charge is 2.09. The Morgan fingerprint density at radius 2 is 2.04 bits per heavy atom. The molecule has 3 aromatic rings. The first-order valence-corrected chi connectivity index (χ1v) is 9.27. The third kappa shape index (κ3) is 4.37. The van der Waals surface area contributed by atoms with Gasteiger partial charge in [0.1, 0.15) is 0 Å². The van der Waals surface area contributed by atoms with Crippen molar-refractivity contribution in [2.75, 3.05) is 16.8 Å². The van der Waals surface area contributed by atoms with E-state index in [9.17, 15) is 4.79 Å². The fourth-order valence-corrected chi connectivity index (χ4v) is 3.60. The van der Waals surface area contributed by atoms with Crippen LogP contribution in [0.5, 0.6) is 0 Å². The van der Waals surface area contributed by atoms with Crippen molar-refractivity contribution in [3.05, 3.63) is 59.5 Å². The van der Waals surface area contributed by atoms with Gasteiger partial charge in [-0.1, -0.05) is 35.9 Å². The van der Waals surface area contributed by atoms with Gasteiger partial charge >= 0.3 is 0 Å². The second-order valence-corrected chi connectivity index (χ2v) is 7.22. The molecule has 1 amide bonds. The molecule has 0 aliphatic rings. The second-order valence-electron chi connectivity index (χ2n) is 5.31. The molecule has 0 aliphatic carbocycles. The predicted octanol–water partition coefficient (Wildman–Crippen LogP) is 4.43. The van der Waals surface area contributed by atoms with Gasteiger partial charge in [0.25, 0.3) is 0 Å². The number of carbonyl (C=O) groups is 1. The number of aromatic nitrogens is 1. The second kappa shape index (κ2) is 7.51. The summed E-state index contributed by atoms with van der Waals surface area (Å²) < 4.78 is 0. The number of thioether (sulfide) groups is 1. The maximum Gasteiger partial charge on any atom is 0.236 e. The molecular weight excluding hydrogens is 338 g/mol. The molecule has 0 fully saturated rings. The fraction of sp³-hybridized carbons (Fsp3) is 0.111. The van der Waals surface area contributed by atoms with Crippen LogP contribution in [0.3, 0.4) is 0 Å². The summed E-state index contributed by atoms with van der Waals surface area (Å²) in [5.41, 5.74) is 9.56. The van der Waals surface area contributed by atoms with Gasteiger partial charge in [-0.15, -0.1) is 23.1 Å². The molecule has 1 heterocycles. The van der Waals surface area contributed by atoms with Crippen LogP contribution < -0.4 is 11.1 Å². The number of thiazole rings is 1. The summed E-state index contributed by atoms with van der Waals surface area (Å²) in [7, 11) is 0. The quantitative estimate of drug-likeness (QED) is 0.525. The summed E-state index contributed by atoms with van der Waals surface area (Å²) >= 11 is 2.88. The summed E-state index contributed by atoms with van der Waals surface area (Å²) in [5, 5.41) is 5.41. The van der Waals surface area contributed by atoms with E-state index in [1.807, 2.05) is 41.8 Å². The maximum absolute atomic E-state index is 12.1. The average Bonchev–Trinajstić information content (AvgIpc) is 3.02. The molecule has 0 radical (unpaired) electrons. The zero-order chi connectivity index (χ0) is 16.9. The van der Waals surface area contributed by atoms with Gasteiger partial charge in [-0.2, -0.15) is 0 Å². The number of nitrogens with two attached hydrogens (primary N) is 1. The van der Waals surface area contributed by atoms with Crippen molar-refractivity contribution in [2.45, 2.75) is 11.8 Å². The van der Waals surface area contributed by atoms with Crippen LogP contribution in [0.2, 0.25) is 0 Å². The number of amides is 1. The number of benzene rings is 2. The lowest BCUT2D eigenvalue weighted by Crippen LogP contribution is -2.13. The first-order chi connectivity index (χ1) is 11.6. The third-order valence-corrected chi connectivity index (χ3v) is 5.08. The lowest BCUT2D eigenvalue weighted by molar-refractivity contribution is -0.113. The van der Waals surface area contributed by atoms with Crippen molar-refractivity contribution < 1.29 is 4.79 Å². The Morgan fingerprint density at radius 1 is 1.25 bits per heavy atom. The summed E-state index contributed by atoms with van der Waals surface area (Å²) in [6, 6.07) is 15.7. The first-order valence-electron chi connectivity index (χ1n) is 7.41.